The number of likely N-dealkylation sites (N-methyl/N-ethyl adjacent to an activating group) is 1. The molecule has 0 fully saturated rings. The average Bonchev–Trinajstić information content (AvgIpc) is 2.83. The molecule has 0 saturated carbocycles. The first-order valence-corrected chi connectivity index (χ1v) is 6.92. The molecule has 2 aromatic rings. The highest BCUT2D eigenvalue weighted by atomic mass is 79.9. The second kappa shape index (κ2) is 6.21. The van der Waals surface area contributed by atoms with Crippen LogP contribution in [0.2, 0.25) is 0 Å². The minimum Gasteiger partial charge on any atom is -0.452 e. The maximum Gasteiger partial charge on any atom is 0.169 e. The van der Waals surface area contributed by atoms with Gasteiger partial charge in [-0.1, -0.05) is 0 Å². The smallest absolute Gasteiger partial charge is 0.169 e. The molecular formula is C14H16BrFN2O. The molecule has 0 aliphatic rings. The fraction of sp³-hybridized carbons (Fsp3) is 0.286. The summed E-state index contributed by atoms with van der Waals surface area (Å²) in [6.45, 7) is 3.21. The molecule has 1 aromatic heterocycles. The van der Waals surface area contributed by atoms with Crippen LogP contribution < -0.4 is 10.6 Å². The molecule has 0 radical (unpaired) electrons. The second-order valence-electron chi connectivity index (χ2n) is 4.16. The van der Waals surface area contributed by atoms with Gasteiger partial charge in [0.05, 0.1) is 6.04 Å². The Morgan fingerprint density at radius 2 is 1.95 bits per heavy atom. The van der Waals surface area contributed by atoms with Crippen molar-refractivity contribution in [2.75, 3.05) is 18.0 Å². The summed E-state index contributed by atoms with van der Waals surface area (Å²) in [7, 11) is 0. The third kappa shape index (κ3) is 3.16. The molecular weight excluding hydrogens is 311 g/mol. The predicted octanol–water partition coefficient (Wildman–Crippen LogP) is 3.71. The van der Waals surface area contributed by atoms with E-state index in [-0.39, 0.29) is 11.9 Å². The van der Waals surface area contributed by atoms with E-state index in [2.05, 4.69) is 20.8 Å². The van der Waals surface area contributed by atoms with Gasteiger partial charge in [0.2, 0.25) is 0 Å². The van der Waals surface area contributed by atoms with Crippen LogP contribution in [0.1, 0.15) is 18.7 Å². The molecule has 3 nitrogen and oxygen atoms in total. The van der Waals surface area contributed by atoms with Gasteiger partial charge in [0.25, 0.3) is 0 Å². The molecule has 0 aliphatic heterocycles. The van der Waals surface area contributed by atoms with E-state index >= 15 is 0 Å². The van der Waals surface area contributed by atoms with Crippen molar-refractivity contribution in [3.63, 3.8) is 0 Å². The quantitative estimate of drug-likeness (QED) is 0.910. The Balaban J connectivity index is 2.31. The normalized spacial score (nSPS) is 12.4. The number of nitrogens with zero attached hydrogens (tertiary/aromatic N) is 1. The van der Waals surface area contributed by atoms with Gasteiger partial charge in [-0.15, -0.1) is 0 Å². The molecule has 2 N–H and O–H groups in total. The van der Waals surface area contributed by atoms with Crippen LogP contribution in [0, 0.1) is 5.82 Å². The van der Waals surface area contributed by atoms with Crippen molar-refractivity contribution < 1.29 is 8.81 Å². The Labute approximate surface area is 120 Å². The number of anilines is 1. The molecule has 1 unspecified atom stereocenters. The van der Waals surface area contributed by atoms with Crippen molar-refractivity contribution in [1.29, 1.82) is 0 Å². The average molecular weight is 327 g/mol. The number of halogens is 2. The number of nitrogens with two attached hydrogens (primary N) is 1. The van der Waals surface area contributed by atoms with Gasteiger partial charge in [-0.25, -0.2) is 4.39 Å². The van der Waals surface area contributed by atoms with Crippen molar-refractivity contribution in [3.8, 4) is 0 Å². The van der Waals surface area contributed by atoms with Crippen LogP contribution in [0.25, 0.3) is 0 Å². The molecule has 19 heavy (non-hydrogen) atoms. The number of furan rings is 1. The van der Waals surface area contributed by atoms with Crippen LogP contribution in [0.3, 0.4) is 0 Å². The first-order chi connectivity index (χ1) is 9.15. The van der Waals surface area contributed by atoms with Gasteiger partial charge in [-0.3, -0.25) is 0 Å². The first-order valence-electron chi connectivity index (χ1n) is 6.13. The van der Waals surface area contributed by atoms with Gasteiger partial charge < -0.3 is 15.1 Å². The zero-order chi connectivity index (χ0) is 13.8. The SMILES string of the molecule is CCN(c1ccc(F)cc1)C(CN)c1ccc(Br)o1. The van der Waals surface area contributed by atoms with Crippen molar-refractivity contribution in [1.82, 2.24) is 0 Å². The summed E-state index contributed by atoms with van der Waals surface area (Å²) in [5.74, 6) is 0.547. The van der Waals surface area contributed by atoms with Gasteiger partial charge in [0.1, 0.15) is 11.6 Å². The monoisotopic (exact) mass is 326 g/mol. The molecule has 0 spiro atoms. The Morgan fingerprint density at radius 1 is 1.26 bits per heavy atom. The molecule has 5 heteroatoms. The van der Waals surface area contributed by atoms with Crippen LogP contribution in [0.5, 0.6) is 0 Å². The maximum atomic E-state index is 13.0. The maximum absolute atomic E-state index is 13.0. The number of hydrogen-bond donors (Lipinski definition) is 1. The van der Waals surface area contributed by atoms with E-state index in [1.807, 2.05) is 19.1 Å². The fourth-order valence-corrected chi connectivity index (χ4v) is 2.44. The van der Waals surface area contributed by atoms with E-state index in [9.17, 15) is 4.39 Å². The summed E-state index contributed by atoms with van der Waals surface area (Å²) in [6.07, 6.45) is 0. The summed E-state index contributed by atoms with van der Waals surface area (Å²) < 4.78 is 19.3. The van der Waals surface area contributed by atoms with E-state index in [0.29, 0.717) is 11.2 Å². The third-order valence-electron chi connectivity index (χ3n) is 3.02. The van der Waals surface area contributed by atoms with E-state index in [1.54, 1.807) is 12.1 Å². The highest BCUT2D eigenvalue weighted by Gasteiger charge is 2.21. The molecule has 0 saturated heterocycles. The topological polar surface area (TPSA) is 42.4 Å². The van der Waals surface area contributed by atoms with Crippen LogP contribution in [-0.2, 0) is 0 Å². The van der Waals surface area contributed by atoms with Crippen LogP contribution in [0.4, 0.5) is 10.1 Å². The summed E-state index contributed by atoms with van der Waals surface area (Å²) >= 11 is 3.29. The number of benzene rings is 1. The van der Waals surface area contributed by atoms with Gasteiger partial charge in [-0.2, -0.15) is 0 Å². The Bertz CT molecular complexity index is 526. The molecule has 0 amide bonds. The molecule has 102 valence electrons. The highest BCUT2D eigenvalue weighted by Crippen LogP contribution is 2.29. The Hall–Kier alpha value is -1.33. The highest BCUT2D eigenvalue weighted by molar-refractivity contribution is 9.10. The predicted molar refractivity (Wildman–Crippen MR) is 77.6 cm³/mol. The van der Waals surface area contributed by atoms with E-state index < -0.39 is 0 Å². The van der Waals surface area contributed by atoms with Gasteiger partial charge in [0, 0.05) is 18.8 Å². The van der Waals surface area contributed by atoms with Crippen LogP contribution in [0.15, 0.2) is 45.5 Å². The zero-order valence-corrected chi connectivity index (χ0v) is 12.2. The lowest BCUT2D eigenvalue weighted by Crippen LogP contribution is -2.33. The van der Waals surface area contributed by atoms with E-state index in [1.165, 1.54) is 12.1 Å². The van der Waals surface area contributed by atoms with Crippen molar-refractivity contribution in [2.45, 2.75) is 13.0 Å². The summed E-state index contributed by atoms with van der Waals surface area (Å²) in [5.41, 5.74) is 6.79. The van der Waals surface area contributed by atoms with Crippen molar-refractivity contribution in [3.05, 3.63) is 52.6 Å². The van der Waals surface area contributed by atoms with Gasteiger partial charge in [-0.05, 0) is 59.3 Å². The zero-order valence-electron chi connectivity index (χ0n) is 10.6. The lowest BCUT2D eigenvalue weighted by molar-refractivity contribution is 0.438. The van der Waals surface area contributed by atoms with E-state index in [0.717, 1.165) is 18.0 Å². The van der Waals surface area contributed by atoms with Crippen LogP contribution in [-0.4, -0.2) is 13.1 Å². The van der Waals surface area contributed by atoms with Gasteiger partial charge in [0.15, 0.2) is 4.67 Å². The lowest BCUT2D eigenvalue weighted by atomic mass is 10.1. The summed E-state index contributed by atoms with van der Waals surface area (Å²) in [4.78, 5) is 2.09. The molecule has 1 atom stereocenters. The first kappa shape index (κ1) is 14.1. The third-order valence-corrected chi connectivity index (χ3v) is 3.45. The standard InChI is InChI=1S/C14H16BrFN2O/c1-2-18(11-5-3-10(16)4-6-11)12(9-17)13-7-8-14(15)19-13/h3-8,12H,2,9,17H2,1H3. The molecule has 1 heterocycles. The fourth-order valence-electron chi connectivity index (χ4n) is 2.12. The number of hydrogen-bond acceptors (Lipinski definition) is 3. The summed E-state index contributed by atoms with van der Waals surface area (Å²) in [5, 5.41) is 0. The Morgan fingerprint density at radius 3 is 2.42 bits per heavy atom. The molecule has 1 aromatic carbocycles. The van der Waals surface area contributed by atoms with E-state index in [4.69, 9.17) is 10.2 Å². The minimum absolute atomic E-state index is 0.0678. The molecule has 2 rings (SSSR count). The molecule has 0 aliphatic carbocycles. The second-order valence-corrected chi connectivity index (χ2v) is 4.94. The van der Waals surface area contributed by atoms with Gasteiger partial charge >= 0.3 is 0 Å². The summed E-state index contributed by atoms with van der Waals surface area (Å²) in [6, 6.07) is 10.1. The van der Waals surface area contributed by atoms with Crippen LogP contribution >= 0.6 is 15.9 Å². The molecule has 0 bridgehead atoms. The van der Waals surface area contributed by atoms with Crippen molar-refractivity contribution in [2.24, 2.45) is 5.73 Å². The van der Waals surface area contributed by atoms with Crippen molar-refractivity contribution >= 4 is 21.6 Å². The lowest BCUT2D eigenvalue weighted by Gasteiger charge is -2.30. The number of rotatable bonds is 5. The minimum atomic E-state index is -0.246. The largest absolute Gasteiger partial charge is 0.452 e. The Kier molecular flexibility index (Phi) is 4.61.